The lowest BCUT2D eigenvalue weighted by Gasteiger charge is -2.42. The van der Waals surface area contributed by atoms with Crippen molar-refractivity contribution >= 4 is 72.8 Å². The molecule has 0 aromatic carbocycles. The third kappa shape index (κ3) is 45.1. The van der Waals surface area contributed by atoms with Crippen molar-refractivity contribution in [1.29, 1.82) is 0 Å². The molecule has 4 fully saturated rings. The fraction of sp³-hybridized carbons (Fsp3) is 0.861. The molecule has 46 heteroatoms. The lowest BCUT2D eigenvalue weighted by molar-refractivity contribution is -0.270. The Kier molecular flexibility index (Phi) is 55.6. The molecule has 722 valence electrons. The highest BCUT2D eigenvalue weighted by atomic mass is 31.2. The van der Waals surface area contributed by atoms with E-state index in [0.717, 1.165) is 39.2 Å². The van der Waals surface area contributed by atoms with Crippen LogP contribution in [0, 0.1) is 0 Å². The number of β-amino-alcohol motifs (C(OH)–C–C–N with tert-alkyl or cyclic N) is 1. The highest BCUT2D eigenvalue weighted by Gasteiger charge is 2.48. The van der Waals surface area contributed by atoms with Crippen LogP contribution >= 0.6 is 7.82 Å². The average molecular weight is 1820 g/mol. The summed E-state index contributed by atoms with van der Waals surface area (Å²) in [5.41, 5.74) is -1.46. The molecule has 0 spiro atoms. The summed E-state index contributed by atoms with van der Waals surface area (Å²) in [7, 11) is -3.56. The smallest absolute Gasteiger partial charge is 0.267 e. The third-order valence-corrected chi connectivity index (χ3v) is 21.8. The van der Waals surface area contributed by atoms with Gasteiger partial charge in [-0.1, -0.05) is 38.5 Å². The van der Waals surface area contributed by atoms with Gasteiger partial charge >= 0.3 is 0 Å². The van der Waals surface area contributed by atoms with Gasteiger partial charge in [0.25, 0.3) is 7.82 Å². The Bertz CT molecular complexity index is 2980. The Morgan fingerprint density at radius 1 is 0.400 bits per heavy atom. The topological polar surface area (TPSA) is 655 Å². The largest absolute Gasteiger partial charge is 0.756 e. The molecule has 4 rings (SSSR count). The molecule has 20 N–H and O–H groups in total. The van der Waals surface area contributed by atoms with Crippen LogP contribution in [0.5, 0.6) is 0 Å². The monoisotopic (exact) mass is 1820 g/mol. The minimum atomic E-state index is -4.53. The molecule has 0 aromatic heterocycles. The number of aliphatic hydroxyl groups excluding tert-OH is 10. The Balaban J connectivity index is 1.31. The Morgan fingerprint density at radius 3 is 1.01 bits per heavy atom. The standard InChI is InChI=1S/C79H142N11O34P/c1-51(94)86-67-73(109)70(106)56(44-91)122-76(67)118-36-16-13-22-59(98)80-30-19-33-83-62(101)27-39-115-48-79(89-65(104)25-11-9-7-5-6-8-10-12-26-66(105)90-43-55(97)42-54(90)47-121-125(112,113)114-4,49-116-40-28-63(102)84-34-20-31-81-60(99)23-14-17-37-119-77-68(87-52(2)95)74(110)71(107)57(45-92)123-77)50-117-41-29-64(103)85-35-21-32-82-61(100)24-15-18-38-120-78-69(88-53(3)96)75(111)72(108)58(46-93)124-78/h54-58,67-78,91-93,97,106-111H,5-50H2,1-4H3,(H,80,98)(H,81,99)(H,82,100)(H,83,101)(H,84,102)(H,85,103)(H,86,94)(H,87,95)(H,88,96)(H,89,104)(H,112,113)/p-1/t54-,55-,56?,57?,58?,67?,68?,69?,70+,71+,72+,73-,74-,75-,76-,77-,78-,79?/m1/s1. The molecule has 4 aliphatic heterocycles. The molecule has 0 bridgehead atoms. The van der Waals surface area contributed by atoms with Gasteiger partial charge in [-0.15, -0.1) is 0 Å². The maximum absolute atomic E-state index is 14.1. The van der Waals surface area contributed by atoms with Crippen LogP contribution in [0.2, 0.25) is 0 Å². The van der Waals surface area contributed by atoms with E-state index in [0.29, 0.717) is 77.0 Å². The van der Waals surface area contributed by atoms with E-state index in [9.17, 15) is 113 Å². The number of aliphatic hydroxyl groups is 10. The highest BCUT2D eigenvalue weighted by Crippen LogP contribution is 2.38. The van der Waals surface area contributed by atoms with E-state index < -0.39 is 179 Å². The van der Waals surface area contributed by atoms with Crippen LogP contribution in [0.15, 0.2) is 0 Å². The summed E-state index contributed by atoms with van der Waals surface area (Å²) in [6.45, 7) is 1.73. The molecule has 4 saturated heterocycles. The second kappa shape index (κ2) is 62.7. The molecule has 0 radical (unpaired) electrons. The zero-order chi connectivity index (χ0) is 92.1. The normalized spacial score (nSPS) is 25.2. The van der Waals surface area contributed by atoms with E-state index in [1.807, 2.05) is 0 Å². The predicted octanol–water partition coefficient (Wildman–Crippen LogP) is -5.69. The van der Waals surface area contributed by atoms with E-state index in [2.05, 4.69) is 57.7 Å². The summed E-state index contributed by atoms with van der Waals surface area (Å²) in [5.74, 6) is -4.11. The SMILES string of the molecule is COP(=O)([O-])OC[C@H]1C[C@@H](O)CN1C(=O)CCCCCCCCCCC(=O)NC(COCCC(=O)NCCCNC(=O)CCCCO[C@@H]1OC(CO)[C@H](O)[C@H](O)C1NC(C)=O)(COCCC(=O)NCCCNC(=O)CCCCO[C@@H]1OC(CO)[C@H](O)[C@H](O)C1NC(C)=O)COCCC(=O)NCCCNC(=O)CCCCO[C@@H]1OC(CO)[C@H](O)[C@H](O)C1NC(C)=O. The first-order valence-electron chi connectivity index (χ1n) is 43.4. The van der Waals surface area contributed by atoms with E-state index in [1.165, 1.54) is 25.7 Å². The van der Waals surface area contributed by atoms with Crippen molar-refractivity contribution in [3.63, 3.8) is 0 Å². The van der Waals surface area contributed by atoms with Gasteiger partial charge in [-0.25, -0.2) is 0 Å². The van der Waals surface area contributed by atoms with Crippen LogP contribution in [0.25, 0.3) is 0 Å². The number of nitrogens with one attached hydrogen (secondary N) is 10. The summed E-state index contributed by atoms with van der Waals surface area (Å²) >= 11 is 0. The van der Waals surface area contributed by atoms with Gasteiger partial charge in [0.15, 0.2) is 18.9 Å². The Hall–Kier alpha value is -6.48. The van der Waals surface area contributed by atoms with Crippen molar-refractivity contribution in [2.75, 3.05) is 139 Å². The van der Waals surface area contributed by atoms with Gasteiger partial charge in [-0.3, -0.25) is 57.3 Å². The van der Waals surface area contributed by atoms with E-state index in [4.69, 9.17) is 47.2 Å². The number of phosphoric acid groups is 1. The first-order valence-corrected chi connectivity index (χ1v) is 44.9. The fourth-order valence-electron chi connectivity index (χ4n) is 14.0. The number of nitrogens with zero attached hydrogens (tertiary/aromatic N) is 1. The summed E-state index contributed by atoms with van der Waals surface area (Å²) in [6.07, 6.45) is -7.00. The lowest BCUT2D eigenvalue weighted by Crippen LogP contribution is -2.64. The first-order chi connectivity index (χ1) is 59.8. The zero-order valence-electron chi connectivity index (χ0n) is 72.5. The van der Waals surface area contributed by atoms with E-state index in [1.54, 1.807) is 0 Å². The number of likely N-dealkylation sites (tertiary alicyclic amines) is 1. The average Bonchev–Trinajstić information content (AvgIpc) is 1.57. The number of carbonyl (C=O) groups excluding carboxylic acids is 11. The maximum Gasteiger partial charge on any atom is 0.267 e. The van der Waals surface area contributed by atoms with Crippen LogP contribution in [0.3, 0.4) is 0 Å². The summed E-state index contributed by atoms with van der Waals surface area (Å²) in [5, 5.41) is 129. The molecule has 11 amide bonds. The van der Waals surface area contributed by atoms with Crippen LogP contribution in [-0.4, -0.2) is 369 Å². The number of rotatable bonds is 67. The Labute approximate surface area is 729 Å². The number of carbonyl (C=O) groups is 11. The molecule has 18 atom stereocenters. The van der Waals surface area contributed by atoms with Crippen LogP contribution in [0.1, 0.15) is 188 Å². The molecule has 7 unspecified atom stereocenters. The van der Waals surface area contributed by atoms with Gasteiger partial charge in [0, 0.05) is 145 Å². The van der Waals surface area contributed by atoms with Gasteiger partial charge in [0.05, 0.1) is 78.2 Å². The summed E-state index contributed by atoms with van der Waals surface area (Å²) < 4.78 is 73.2. The van der Waals surface area contributed by atoms with Crippen molar-refractivity contribution in [2.24, 2.45) is 0 Å². The number of amides is 11. The summed E-state index contributed by atoms with van der Waals surface area (Å²) in [6, 6.07) is -3.94. The minimum absolute atomic E-state index is 0.0636. The van der Waals surface area contributed by atoms with Gasteiger partial charge < -0.3 is 166 Å². The lowest BCUT2D eigenvalue weighted by atomic mass is 9.97. The second-order valence-electron chi connectivity index (χ2n) is 31.5. The molecule has 0 aliphatic carbocycles. The second-order valence-corrected chi connectivity index (χ2v) is 33.0. The number of unbranched alkanes of at least 4 members (excludes halogenated alkanes) is 10. The van der Waals surface area contributed by atoms with E-state index >= 15 is 0 Å². The molecule has 0 aromatic rings. The van der Waals surface area contributed by atoms with E-state index in [-0.39, 0.29) is 193 Å². The number of hydrogen-bond donors (Lipinski definition) is 20. The molecule has 45 nitrogen and oxygen atoms in total. The number of hydrogen-bond acceptors (Lipinski definition) is 34. The molecule has 0 saturated carbocycles. The third-order valence-electron chi connectivity index (χ3n) is 20.9. The van der Waals surface area contributed by atoms with Crippen molar-refractivity contribution in [3.8, 4) is 0 Å². The maximum atomic E-state index is 14.1. The minimum Gasteiger partial charge on any atom is -0.756 e. The van der Waals surface area contributed by atoms with Crippen molar-refractivity contribution in [3.05, 3.63) is 0 Å². The van der Waals surface area contributed by atoms with Crippen LogP contribution in [-0.2, 0) is 109 Å². The van der Waals surface area contributed by atoms with Crippen LogP contribution in [0.4, 0.5) is 0 Å². The Morgan fingerprint density at radius 2 is 0.696 bits per heavy atom. The van der Waals surface area contributed by atoms with Crippen LogP contribution < -0.4 is 58.1 Å². The van der Waals surface area contributed by atoms with Crippen molar-refractivity contribution in [1.82, 2.24) is 58.1 Å². The van der Waals surface area contributed by atoms with Crippen molar-refractivity contribution < 1.29 is 165 Å². The number of phosphoric ester groups is 1. The zero-order valence-corrected chi connectivity index (χ0v) is 73.4. The van der Waals surface area contributed by atoms with Gasteiger partial charge in [0.1, 0.15) is 78.6 Å². The fourth-order valence-corrected chi connectivity index (χ4v) is 14.5. The highest BCUT2D eigenvalue weighted by molar-refractivity contribution is 7.45. The van der Waals surface area contributed by atoms with Gasteiger partial charge in [0.2, 0.25) is 65.0 Å². The van der Waals surface area contributed by atoms with Gasteiger partial charge in [-0.05, 0) is 77.0 Å². The molecule has 4 heterocycles. The van der Waals surface area contributed by atoms with Crippen molar-refractivity contribution in [2.45, 2.75) is 297 Å². The van der Waals surface area contributed by atoms with Gasteiger partial charge in [-0.2, -0.15) is 0 Å². The molecule has 125 heavy (non-hydrogen) atoms. The molecular weight excluding hydrogens is 1680 g/mol. The number of ether oxygens (including phenoxy) is 9. The predicted molar refractivity (Wildman–Crippen MR) is 437 cm³/mol. The quantitative estimate of drug-likeness (QED) is 0.0199. The molecule has 4 aliphatic rings. The first kappa shape index (κ1) is 111. The molecular formula is C79H141N11O34P-. The summed E-state index contributed by atoms with van der Waals surface area (Å²) in [4.78, 5) is 153.